The lowest BCUT2D eigenvalue weighted by atomic mass is 10.2. The van der Waals surface area contributed by atoms with Crippen LogP contribution < -0.4 is 10.6 Å². The number of nitrogens with one attached hydrogen (secondary N) is 2. The van der Waals surface area contributed by atoms with Gasteiger partial charge in [-0.1, -0.05) is 11.8 Å². The van der Waals surface area contributed by atoms with Crippen molar-refractivity contribution in [3.05, 3.63) is 49.6 Å². The summed E-state index contributed by atoms with van der Waals surface area (Å²) in [6, 6.07) is 4.89. The Morgan fingerprint density at radius 1 is 1.39 bits per heavy atom. The second kappa shape index (κ2) is 6.04. The van der Waals surface area contributed by atoms with E-state index in [1.54, 1.807) is 11.6 Å². The van der Waals surface area contributed by atoms with Crippen LogP contribution in [-0.2, 0) is 4.99 Å². The second-order valence-corrected chi connectivity index (χ2v) is 7.37. The minimum Gasteiger partial charge on any atom is -0.477 e. The van der Waals surface area contributed by atoms with Gasteiger partial charge in [-0.25, -0.2) is 9.78 Å². The van der Waals surface area contributed by atoms with Crippen LogP contribution in [-0.4, -0.2) is 22.0 Å². The number of carboxylic acid groups (broad SMARTS) is 1. The highest BCUT2D eigenvalue weighted by atomic mass is 32.2. The summed E-state index contributed by atoms with van der Waals surface area (Å²) in [5.74, 6) is -1.52. The number of carbonyl (C=O) groups excluding carboxylic acids is 1. The zero-order valence-corrected chi connectivity index (χ0v) is 13.7. The fraction of sp³-hybridized carbons (Fsp3) is 0.0769. The molecule has 3 rings (SSSR count). The quantitative estimate of drug-likeness (QED) is 0.761. The summed E-state index contributed by atoms with van der Waals surface area (Å²) < 4.78 is 0. The topological polar surface area (TPSA) is 115 Å². The SMILES string of the molecule is N#Cc1scnc1C1(NC(=O)c2ccc(C(=O)O)s2)NC=CS1. The second-order valence-electron chi connectivity index (χ2n) is 4.31. The summed E-state index contributed by atoms with van der Waals surface area (Å²) in [6.07, 6.45) is 1.66. The van der Waals surface area contributed by atoms with Gasteiger partial charge < -0.3 is 15.7 Å². The lowest BCUT2D eigenvalue weighted by Crippen LogP contribution is -2.50. The van der Waals surface area contributed by atoms with E-state index in [-0.39, 0.29) is 9.75 Å². The Morgan fingerprint density at radius 2 is 2.17 bits per heavy atom. The number of thiophene rings is 1. The third kappa shape index (κ3) is 2.81. The smallest absolute Gasteiger partial charge is 0.345 e. The Balaban J connectivity index is 1.89. The first-order valence-electron chi connectivity index (χ1n) is 6.16. The van der Waals surface area contributed by atoms with E-state index in [0.29, 0.717) is 10.6 Å². The maximum absolute atomic E-state index is 12.5. The van der Waals surface area contributed by atoms with Gasteiger partial charge in [-0.05, 0) is 17.5 Å². The zero-order chi connectivity index (χ0) is 16.4. The van der Waals surface area contributed by atoms with Crippen LogP contribution in [0.2, 0.25) is 0 Å². The van der Waals surface area contributed by atoms with Gasteiger partial charge in [0.2, 0.25) is 4.99 Å². The first kappa shape index (κ1) is 15.5. The van der Waals surface area contributed by atoms with Crippen molar-refractivity contribution < 1.29 is 14.7 Å². The van der Waals surface area contributed by atoms with Gasteiger partial charge in [0.1, 0.15) is 21.5 Å². The molecule has 1 amide bonds. The van der Waals surface area contributed by atoms with Crippen LogP contribution in [0.4, 0.5) is 0 Å². The fourth-order valence-corrected chi connectivity index (χ4v) is 4.28. The molecule has 0 aliphatic carbocycles. The van der Waals surface area contributed by atoms with E-state index < -0.39 is 16.9 Å². The minimum absolute atomic E-state index is 0.0840. The average Bonchev–Trinajstić information content (AvgIpc) is 3.26. The maximum atomic E-state index is 12.5. The molecule has 1 aliphatic heterocycles. The van der Waals surface area contributed by atoms with Crippen LogP contribution in [0.25, 0.3) is 0 Å². The molecule has 0 aromatic carbocycles. The molecule has 0 saturated heterocycles. The molecule has 0 bridgehead atoms. The van der Waals surface area contributed by atoms with Gasteiger partial charge in [-0.2, -0.15) is 5.26 Å². The predicted molar refractivity (Wildman–Crippen MR) is 87.1 cm³/mol. The number of hydrogen-bond donors (Lipinski definition) is 3. The molecule has 7 nitrogen and oxygen atoms in total. The zero-order valence-electron chi connectivity index (χ0n) is 11.3. The molecule has 0 saturated carbocycles. The number of aromatic nitrogens is 1. The number of carboxylic acids is 1. The van der Waals surface area contributed by atoms with Gasteiger partial charge in [0.05, 0.1) is 10.4 Å². The third-order valence-corrected chi connectivity index (χ3v) is 5.77. The Kier molecular flexibility index (Phi) is 4.08. The first-order valence-corrected chi connectivity index (χ1v) is 8.73. The van der Waals surface area contributed by atoms with E-state index in [1.807, 2.05) is 0 Å². The molecule has 0 spiro atoms. The van der Waals surface area contributed by atoms with Crippen LogP contribution in [0.5, 0.6) is 0 Å². The molecule has 0 radical (unpaired) electrons. The molecule has 116 valence electrons. The van der Waals surface area contributed by atoms with Crippen molar-refractivity contribution in [2.75, 3.05) is 0 Å². The number of hydrogen-bond acceptors (Lipinski definition) is 8. The predicted octanol–water partition coefficient (Wildman–Crippen LogP) is 2.12. The molecule has 1 atom stereocenters. The highest BCUT2D eigenvalue weighted by Crippen LogP contribution is 2.38. The Bertz CT molecular complexity index is 841. The van der Waals surface area contributed by atoms with E-state index >= 15 is 0 Å². The van der Waals surface area contributed by atoms with Crippen molar-refractivity contribution in [1.29, 1.82) is 5.26 Å². The fourth-order valence-electron chi connectivity index (χ4n) is 1.94. The molecule has 3 heterocycles. The number of thiazole rings is 1. The van der Waals surface area contributed by atoms with Crippen LogP contribution >= 0.6 is 34.4 Å². The van der Waals surface area contributed by atoms with Crippen LogP contribution in [0, 0.1) is 11.3 Å². The summed E-state index contributed by atoms with van der Waals surface area (Å²) in [4.78, 5) is 27.2. The number of carbonyl (C=O) groups is 2. The molecule has 3 N–H and O–H groups in total. The van der Waals surface area contributed by atoms with Crippen LogP contribution in [0.1, 0.15) is 29.9 Å². The summed E-state index contributed by atoms with van der Waals surface area (Å²) in [5, 5.41) is 25.7. The van der Waals surface area contributed by atoms with Gasteiger partial charge in [0, 0.05) is 6.20 Å². The van der Waals surface area contributed by atoms with E-state index in [2.05, 4.69) is 21.7 Å². The van der Waals surface area contributed by atoms with E-state index in [1.165, 1.54) is 40.7 Å². The van der Waals surface area contributed by atoms with Gasteiger partial charge in [0.25, 0.3) is 5.91 Å². The summed E-state index contributed by atoms with van der Waals surface area (Å²) in [6.45, 7) is 0. The summed E-state index contributed by atoms with van der Waals surface area (Å²) >= 11 is 3.34. The van der Waals surface area contributed by atoms with Crippen LogP contribution in [0.15, 0.2) is 29.3 Å². The number of thioether (sulfide) groups is 1. The number of nitriles is 1. The Labute approximate surface area is 142 Å². The number of amides is 1. The normalized spacial score (nSPS) is 19.1. The highest BCUT2D eigenvalue weighted by molar-refractivity contribution is 8.03. The number of rotatable bonds is 4. The minimum atomic E-state index is -1.08. The van der Waals surface area contributed by atoms with E-state index in [4.69, 9.17) is 5.11 Å². The van der Waals surface area contributed by atoms with Gasteiger partial charge in [-0.3, -0.25) is 4.79 Å². The lowest BCUT2D eigenvalue weighted by molar-refractivity contribution is 0.0702. The Morgan fingerprint density at radius 3 is 2.78 bits per heavy atom. The van der Waals surface area contributed by atoms with E-state index in [0.717, 1.165) is 11.3 Å². The van der Waals surface area contributed by atoms with Crippen molar-refractivity contribution >= 4 is 46.3 Å². The molecule has 1 aliphatic rings. The van der Waals surface area contributed by atoms with Crippen molar-refractivity contribution in [2.45, 2.75) is 4.99 Å². The molecular weight excluding hydrogens is 356 g/mol. The molecule has 2 aromatic heterocycles. The highest BCUT2D eigenvalue weighted by Gasteiger charge is 2.40. The molecule has 23 heavy (non-hydrogen) atoms. The molecule has 1 unspecified atom stereocenters. The standard InChI is InChI=1S/C13H8N4O3S3/c14-5-9-10(15-6-21-9)13(16-3-4-22-13)17-11(18)7-1-2-8(23-7)12(19)20/h1-4,6,16H,(H,17,18)(H,19,20). The molecular formula is C13H8N4O3S3. The van der Waals surface area contributed by atoms with E-state index in [9.17, 15) is 14.9 Å². The molecule has 2 aromatic rings. The average molecular weight is 364 g/mol. The van der Waals surface area contributed by atoms with Crippen molar-refractivity contribution in [3.63, 3.8) is 0 Å². The van der Waals surface area contributed by atoms with Crippen molar-refractivity contribution in [2.24, 2.45) is 0 Å². The van der Waals surface area contributed by atoms with Crippen molar-refractivity contribution in [1.82, 2.24) is 15.6 Å². The molecule has 10 heteroatoms. The summed E-state index contributed by atoms with van der Waals surface area (Å²) in [7, 11) is 0. The maximum Gasteiger partial charge on any atom is 0.345 e. The lowest BCUT2D eigenvalue weighted by Gasteiger charge is -2.28. The van der Waals surface area contributed by atoms with Gasteiger partial charge >= 0.3 is 5.97 Å². The van der Waals surface area contributed by atoms with Crippen LogP contribution in [0.3, 0.4) is 0 Å². The molecule has 0 fully saturated rings. The summed E-state index contributed by atoms with van der Waals surface area (Å²) in [5.41, 5.74) is 1.96. The van der Waals surface area contributed by atoms with Crippen molar-refractivity contribution in [3.8, 4) is 6.07 Å². The van der Waals surface area contributed by atoms with Gasteiger partial charge in [0.15, 0.2) is 0 Å². The monoisotopic (exact) mass is 364 g/mol. The number of aromatic carboxylic acids is 1. The number of nitrogens with zero attached hydrogens (tertiary/aromatic N) is 2. The third-order valence-electron chi connectivity index (χ3n) is 2.93. The first-order chi connectivity index (χ1) is 11.1. The van der Waals surface area contributed by atoms with Gasteiger partial charge in [-0.15, -0.1) is 22.7 Å². The Hall–Kier alpha value is -2.35. The largest absolute Gasteiger partial charge is 0.477 e.